The SMILES string of the molecule is CCOCCn1nc(CC(C)C)nc1[C@H]1OCC(=O)N(C2CC2)[C@@H]1c1cccnc1. The first kappa shape index (κ1) is 20.9. The Bertz CT molecular complexity index is 850. The van der Waals surface area contributed by atoms with Gasteiger partial charge in [-0.1, -0.05) is 19.9 Å². The molecule has 0 aromatic carbocycles. The molecule has 2 atom stereocenters. The monoisotopic (exact) mass is 413 g/mol. The van der Waals surface area contributed by atoms with Gasteiger partial charge in [0.05, 0.1) is 19.2 Å². The summed E-state index contributed by atoms with van der Waals surface area (Å²) in [5, 5.41) is 4.76. The van der Waals surface area contributed by atoms with Crippen molar-refractivity contribution in [1.29, 1.82) is 0 Å². The molecule has 0 bridgehead atoms. The van der Waals surface area contributed by atoms with Crippen molar-refractivity contribution in [3.63, 3.8) is 0 Å². The van der Waals surface area contributed by atoms with Crippen LogP contribution in [0.1, 0.15) is 63.0 Å². The number of aromatic nitrogens is 4. The summed E-state index contributed by atoms with van der Waals surface area (Å²) in [4.78, 5) is 24.0. The van der Waals surface area contributed by atoms with Crippen molar-refractivity contribution in [3.8, 4) is 0 Å². The molecule has 8 nitrogen and oxygen atoms in total. The third-order valence-electron chi connectivity index (χ3n) is 5.47. The van der Waals surface area contributed by atoms with Gasteiger partial charge in [-0.3, -0.25) is 9.78 Å². The normalized spacial score (nSPS) is 22.1. The molecule has 1 aliphatic carbocycles. The Morgan fingerprint density at radius 1 is 1.33 bits per heavy atom. The Morgan fingerprint density at radius 2 is 2.17 bits per heavy atom. The fourth-order valence-corrected chi connectivity index (χ4v) is 4.04. The van der Waals surface area contributed by atoms with Crippen LogP contribution in [-0.4, -0.2) is 56.4 Å². The van der Waals surface area contributed by atoms with E-state index in [-0.39, 0.29) is 30.7 Å². The average molecular weight is 414 g/mol. The predicted molar refractivity (Wildman–Crippen MR) is 111 cm³/mol. The molecule has 2 fully saturated rings. The smallest absolute Gasteiger partial charge is 0.249 e. The third kappa shape index (κ3) is 4.54. The summed E-state index contributed by atoms with van der Waals surface area (Å²) < 4.78 is 13.6. The lowest BCUT2D eigenvalue weighted by molar-refractivity contribution is -0.160. The highest BCUT2D eigenvalue weighted by molar-refractivity contribution is 5.79. The van der Waals surface area contributed by atoms with E-state index in [0.717, 1.165) is 36.5 Å². The van der Waals surface area contributed by atoms with Gasteiger partial charge >= 0.3 is 0 Å². The van der Waals surface area contributed by atoms with E-state index in [1.807, 2.05) is 34.8 Å². The van der Waals surface area contributed by atoms with Gasteiger partial charge in [-0.25, -0.2) is 9.67 Å². The molecule has 1 saturated heterocycles. The van der Waals surface area contributed by atoms with Crippen LogP contribution in [0.2, 0.25) is 0 Å². The van der Waals surface area contributed by atoms with Gasteiger partial charge in [-0.2, -0.15) is 5.10 Å². The lowest BCUT2D eigenvalue weighted by Crippen LogP contribution is -2.47. The number of hydrogen-bond donors (Lipinski definition) is 0. The second-order valence-electron chi connectivity index (χ2n) is 8.40. The van der Waals surface area contributed by atoms with Gasteiger partial charge in [0.2, 0.25) is 5.91 Å². The fraction of sp³-hybridized carbons (Fsp3) is 0.636. The number of ether oxygens (including phenoxy) is 2. The predicted octanol–water partition coefficient (Wildman–Crippen LogP) is 2.71. The third-order valence-corrected chi connectivity index (χ3v) is 5.47. The van der Waals surface area contributed by atoms with Crippen molar-refractivity contribution >= 4 is 5.91 Å². The van der Waals surface area contributed by atoms with E-state index in [1.54, 1.807) is 6.20 Å². The number of amides is 1. The topological polar surface area (TPSA) is 82.4 Å². The summed E-state index contributed by atoms with van der Waals surface area (Å²) >= 11 is 0. The quantitative estimate of drug-likeness (QED) is 0.588. The maximum Gasteiger partial charge on any atom is 0.249 e. The summed E-state index contributed by atoms with van der Waals surface area (Å²) in [6.45, 7) is 8.18. The van der Waals surface area contributed by atoms with E-state index in [9.17, 15) is 4.79 Å². The van der Waals surface area contributed by atoms with E-state index < -0.39 is 0 Å². The van der Waals surface area contributed by atoms with Crippen molar-refractivity contribution < 1.29 is 14.3 Å². The number of carbonyl (C=O) groups is 1. The van der Waals surface area contributed by atoms with Crippen LogP contribution in [0.25, 0.3) is 0 Å². The van der Waals surface area contributed by atoms with Crippen LogP contribution >= 0.6 is 0 Å². The fourth-order valence-electron chi connectivity index (χ4n) is 4.04. The van der Waals surface area contributed by atoms with E-state index in [0.29, 0.717) is 25.7 Å². The molecule has 0 unspecified atom stereocenters. The van der Waals surface area contributed by atoms with Gasteiger partial charge < -0.3 is 14.4 Å². The average Bonchev–Trinajstić information content (AvgIpc) is 3.49. The van der Waals surface area contributed by atoms with Crippen molar-refractivity contribution in [3.05, 3.63) is 41.7 Å². The Balaban J connectivity index is 1.72. The Labute approximate surface area is 177 Å². The molecular weight excluding hydrogens is 382 g/mol. The molecular formula is C22H31N5O3. The van der Waals surface area contributed by atoms with Crippen LogP contribution in [0.15, 0.2) is 24.5 Å². The van der Waals surface area contributed by atoms with Gasteiger partial charge in [0.25, 0.3) is 0 Å². The lowest BCUT2D eigenvalue weighted by Gasteiger charge is -2.41. The summed E-state index contributed by atoms with van der Waals surface area (Å²) in [7, 11) is 0. The van der Waals surface area contributed by atoms with Crippen LogP contribution < -0.4 is 0 Å². The first-order valence-electron chi connectivity index (χ1n) is 10.9. The molecule has 162 valence electrons. The van der Waals surface area contributed by atoms with Crippen LogP contribution in [-0.2, 0) is 27.2 Å². The number of hydrogen-bond acceptors (Lipinski definition) is 6. The standard InChI is InChI=1S/C22H31N5O3/c1-4-29-11-10-26-22(24-18(25-26)12-15(2)3)21-20(16-6-5-9-23-13-16)27(17-7-8-17)19(28)14-30-21/h5-6,9,13,15,17,20-21H,4,7-8,10-12,14H2,1-3H3/t20-,21+/m1/s1. The molecule has 0 spiro atoms. The maximum atomic E-state index is 12.8. The molecule has 0 radical (unpaired) electrons. The minimum Gasteiger partial charge on any atom is -0.380 e. The molecule has 2 aromatic rings. The van der Waals surface area contributed by atoms with E-state index >= 15 is 0 Å². The first-order valence-corrected chi connectivity index (χ1v) is 10.9. The Kier molecular flexibility index (Phi) is 6.43. The number of pyridine rings is 1. The van der Waals surface area contributed by atoms with Crippen molar-refractivity contribution in [2.24, 2.45) is 5.92 Å². The Hall–Kier alpha value is -2.32. The summed E-state index contributed by atoms with van der Waals surface area (Å²) in [5.74, 6) is 2.05. The summed E-state index contributed by atoms with van der Waals surface area (Å²) in [6.07, 6.45) is 6.05. The molecule has 1 saturated carbocycles. The minimum atomic E-state index is -0.387. The van der Waals surface area contributed by atoms with Crippen molar-refractivity contribution in [1.82, 2.24) is 24.6 Å². The molecule has 2 aromatic heterocycles. The number of morpholine rings is 1. The minimum absolute atomic E-state index is 0.0328. The van der Waals surface area contributed by atoms with Crippen molar-refractivity contribution in [2.75, 3.05) is 19.8 Å². The molecule has 2 aliphatic rings. The molecule has 1 aliphatic heterocycles. The zero-order valence-electron chi connectivity index (χ0n) is 18.0. The van der Waals surface area contributed by atoms with E-state index in [4.69, 9.17) is 19.6 Å². The van der Waals surface area contributed by atoms with Gasteiger partial charge in [-0.05, 0) is 37.3 Å². The van der Waals surface area contributed by atoms with Gasteiger partial charge in [0.1, 0.15) is 12.7 Å². The van der Waals surface area contributed by atoms with Gasteiger partial charge in [-0.15, -0.1) is 0 Å². The molecule has 4 rings (SSSR count). The van der Waals surface area contributed by atoms with Gasteiger partial charge in [0.15, 0.2) is 11.6 Å². The molecule has 8 heteroatoms. The largest absolute Gasteiger partial charge is 0.380 e. The second-order valence-corrected chi connectivity index (χ2v) is 8.40. The number of nitrogens with zero attached hydrogens (tertiary/aromatic N) is 5. The zero-order valence-corrected chi connectivity index (χ0v) is 18.0. The highest BCUT2D eigenvalue weighted by Gasteiger charge is 2.47. The van der Waals surface area contributed by atoms with Crippen LogP contribution in [0.5, 0.6) is 0 Å². The number of carbonyl (C=O) groups excluding carboxylic acids is 1. The van der Waals surface area contributed by atoms with E-state index in [2.05, 4.69) is 18.8 Å². The van der Waals surface area contributed by atoms with Crippen molar-refractivity contribution in [2.45, 2.75) is 64.8 Å². The maximum absolute atomic E-state index is 12.8. The lowest BCUT2D eigenvalue weighted by atomic mass is 9.98. The van der Waals surface area contributed by atoms with E-state index in [1.165, 1.54) is 0 Å². The van der Waals surface area contributed by atoms with Crippen LogP contribution in [0.4, 0.5) is 0 Å². The molecule has 30 heavy (non-hydrogen) atoms. The summed E-state index contributed by atoms with van der Waals surface area (Å²) in [6, 6.07) is 3.93. The van der Waals surface area contributed by atoms with Gasteiger partial charge in [0, 0.05) is 31.5 Å². The second kappa shape index (κ2) is 9.22. The van der Waals surface area contributed by atoms with Crippen LogP contribution in [0, 0.1) is 5.92 Å². The highest BCUT2D eigenvalue weighted by Crippen LogP contribution is 2.44. The summed E-state index contributed by atoms with van der Waals surface area (Å²) in [5.41, 5.74) is 0.965. The molecule has 3 heterocycles. The zero-order chi connectivity index (χ0) is 21.1. The first-order chi connectivity index (χ1) is 14.6. The molecule has 1 amide bonds. The number of rotatable bonds is 9. The highest BCUT2D eigenvalue weighted by atomic mass is 16.5. The van der Waals surface area contributed by atoms with Crippen LogP contribution in [0.3, 0.4) is 0 Å². The molecule has 0 N–H and O–H groups in total. The Morgan fingerprint density at radius 3 is 2.83 bits per heavy atom.